The lowest BCUT2D eigenvalue weighted by Gasteiger charge is -2.27. The number of carbonyl (C=O) groups is 4. The molecule has 1 aromatic heterocycles. The van der Waals surface area contributed by atoms with Crippen LogP contribution in [-0.4, -0.2) is 60.0 Å². The largest absolute Gasteiger partial charge is 0.454 e. The molecule has 0 saturated heterocycles. The Morgan fingerprint density at radius 3 is 1.66 bits per heavy atom. The summed E-state index contributed by atoms with van der Waals surface area (Å²) in [6, 6.07) is 20.4. The Morgan fingerprint density at radius 1 is 0.721 bits per heavy atom. The van der Waals surface area contributed by atoms with Gasteiger partial charge in [-0.2, -0.15) is 0 Å². The fraction of sp³-hybridized carbons (Fsp3) is 0.455. The SMILES string of the molecule is C.CC.CC(C)(C)C1Cc2cc(CC(=O)C3(c4ccc5c(c4)OCO5)CC3)c(F)cc2N1.CC(C)(C)c1cc2cc(CC(=O)C3(c4ccc5c(c4)OCO5)CC3)c(F)cc2n1CCO.O=CC=O. The Labute approximate surface area is 398 Å². The van der Waals surface area contributed by atoms with Crippen molar-refractivity contribution >= 4 is 40.7 Å². The molecule has 2 saturated carbocycles. The Bertz CT molecular complexity index is 2680. The summed E-state index contributed by atoms with van der Waals surface area (Å²) in [4.78, 5) is 44.2. The standard InChI is InChI=1S/C26H28FNO4.C24H26FNO3.C2H2O2.C2H6.CH4/c1-25(2,3)23-11-17-10-16(19(27)14-20(17)28(23)8-9-29)12-24(30)26(6-7-26)18-4-5-21-22(13-18)32-15-31-21;1-23(2,3)21-9-15-8-14(17(25)12-18(15)26-21)10-22(27)24(6-7-24)16-4-5-19-20(11-16)29-13-28-19;3-1-2-4;1-2;/h4-5,10-11,13-14,29H,6-9,12,15H2,1-3H3;4-5,8,11-12,21,26H,6-7,9-10,13H2,1-3H3;1-2H;1-2H3;1H4. The number of aliphatic hydroxyl groups is 1. The van der Waals surface area contributed by atoms with Gasteiger partial charge in [0, 0.05) is 47.6 Å². The van der Waals surface area contributed by atoms with Crippen molar-refractivity contribution in [1.82, 2.24) is 4.57 Å². The molecule has 0 radical (unpaired) electrons. The van der Waals surface area contributed by atoms with E-state index in [0.717, 1.165) is 71.1 Å². The molecule has 3 aliphatic heterocycles. The summed E-state index contributed by atoms with van der Waals surface area (Å²) in [6.45, 7) is 17.6. The molecule has 2 N–H and O–H groups in total. The lowest BCUT2D eigenvalue weighted by Crippen LogP contribution is -2.31. The van der Waals surface area contributed by atoms with Crippen LogP contribution >= 0.6 is 0 Å². The number of ketones is 2. The van der Waals surface area contributed by atoms with Gasteiger partial charge in [0.1, 0.15) is 23.2 Å². The van der Waals surface area contributed by atoms with Gasteiger partial charge < -0.3 is 33.9 Å². The van der Waals surface area contributed by atoms with Crippen LogP contribution in [0.15, 0.2) is 66.7 Å². The molecule has 5 aromatic rings. The molecule has 0 amide bonds. The van der Waals surface area contributed by atoms with Gasteiger partial charge in [0.05, 0.1) is 23.0 Å². The van der Waals surface area contributed by atoms with Crippen LogP contribution in [-0.2, 0) is 61.2 Å². The first-order valence-electron chi connectivity index (χ1n) is 23.2. The van der Waals surface area contributed by atoms with E-state index in [1.54, 1.807) is 12.1 Å². The van der Waals surface area contributed by atoms with Crippen LogP contribution in [0.25, 0.3) is 10.9 Å². The number of carbonyl (C=O) groups excluding carboxylic acids is 4. The molecule has 2 aliphatic carbocycles. The first kappa shape index (κ1) is 51.3. The second-order valence-corrected chi connectivity index (χ2v) is 19.8. The molecular weight excluding hydrogens is 871 g/mol. The fourth-order valence-electron chi connectivity index (χ4n) is 9.30. The van der Waals surface area contributed by atoms with E-state index in [1.165, 1.54) is 6.07 Å². The van der Waals surface area contributed by atoms with Crippen molar-refractivity contribution in [1.29, 1.82) is 0 Å². The number of aliphatic hydroxyl groups excluding tert-OH is 1. The van der Waals surface area contributed by atoms with Crippen LogP contribution < -0.4 is 24.3 Å². The maximum absolute atomic E-state index is 15.1. The first-order valence-corrected chi connectivity index (χ1v) is 23.2. The van der Waals surface area contributed by atoms with Gasteiger partial charge >= 0.3 is 0 Å². The minimum atomic E-state index is -0.568. The van der Waals surface area contributed by atoms with Crippen LogP contribution in [0.2, 0.25) is 0 Å². The van der Waals surface area contributed by atoms with Gasteiger partial charge in [-0.25, -0.2) is 8.78 Å². The number of hydrogen-bond donors (Lipinski definition) is 2. The summed E-state index contributed by atoms with van der Waals surface area (Å²) in [5, 5.41) is 13.8. The zero-order chi connectivity index (χ0) is 48.5. The molecule has 11 nitrogen and oxygen atoms in total. The summed E-state index contributed by atoms with van der Waals surface area (Å²) in [5.74, 6) is 2.16. The second-order valence-electron chi connectivity index (χ2n) is 19.8. The maximum atomic E-state index is 15.1. The fourth-order valence-corrected chi connectivity index (χ4v) is 9.30. The van der Waals surface area contributed by atoms with E-state index in [2.05, 4.69) is 46.9 Å². The number of aromatic nitrogens is 1. The third kappa shape index (κ3) is 10.3. The number of halogens is 2. The normalized spacial score (nSPS) is 17.1. The molecule has 5 aliphatic rings. The third-order valence-corrected chi connectivity index (χ3v) is 13.4. The van der Waals surface area contributed by atoms with E-state index in [1.807, 2.05) is 66.9 Å². The maximum Gasteiger partial charge on any atom is 0.231 e. The highest BCUT2D eigenvalue weighted by Crippen LogP contribution is 2.53. The summed E-state index contributed by atoms with van der Waals surface area (Å²) < 4.78 is 53.6. The number of rotatable bonds is 11. The molecule has 0 bridgehead atoms. The van der Waals surface area contributed by atoms with Gasteiger partial charge in [0.15, 0.2) is 35.6 Å². The van der Waals surface area contributed by atoms with E-state index in [4.69, 9.17) is 28.5 Å². The van der Waals surface area contributed by atoms with Crippen LogP contribution in [0.4, 0.5) is 14.5 Å². The molecule has 4 aromatic carbocycles. The van der Waals surface area contributed by atoms with E-state index in [-0.39, 0.29) is 93.1 Å². The first-order chi connectivity index (χ1) is 31.9. The summed E-state index contributed by atoms with van der Waals surface area (Å²) >= 11 is 0. The quantitative estimate of drug-likeness (QED) is 0.0971. The summed E-state index contributed by atoms with van der Waals surface area (Å²) in [6.07, 6.45) is 4.53. The Kier molecular flexibility index (Phi) is 15.3. The topological polar surface area (TPSA) is 142 Å². The predicted octanol–water partition coefficient (Wildman–Crippen LogP) is 10.5. The van der Waals surface area contributed by atoms with Crippen LogP contribution in [0, 0.1) is 17.0 Å². The molecule has 13 heteroatoms. The minimum Gasteiger partial charge on any atom is -0.454 e. The highest BCUT2D eigenvalue weighted by atomic mass is 19.1. The molecule has 68 heavy (non-hydrogen) atoms. The predicted molar refractivity (Wildman–Crippen MR) is 259 cm³/mol. The zero-order valence-corrected chi connectivity index (χ0v) is 39.8. The monoisotopic (exact) mass is 936 g/mol. The van der Waals surface area contributed by atoms with Crippen molar-refractivity contribution in [3.8, 4) is 23.0 Å². The van der Waals surface area contributed by atoms with E-state index in [9.17, 15) is 19.1 Å². The second kappa shape index (κ2) is 20.3. The van der Waals surface area contributed by atoms with Crippen molar-refractivity contribution in [3.63, 3.8) is 0 Å². The number of fused-ring (bicyclic) bond motifs is 4. The minimum absolute atomic E-state index is 0. The number of nitrogens with one attached hydrogen (secondary N) is 1. The number of hydrogen-bond acceptors (Lipinski definition) is 10. The number of anilines is 1. The average molecular weight is 937 g/mol. The van der Waals surface area contributed by atoms with Crippen molar-refractivity contribution in [2.75, 3.05) is 25.5 Å². The molecule has 2 fully saturated rings. The number of benzene rings is 4. The highest BCUT2D eigenvalue weighted by molar-refractivity contribution is 6.09. The van der Waals surface area contributed by atoms with Gasteiger partial charge in [-0.1, -0.05) is 81.0 Å². The smallest absolute Gasteiger partial charge is 0.231 e. The molecule has 0 spiro atoms. The van der Waals surface area contributed by atoms with Crippen molar-refractivity contribution in [3.05, 3.63) is 112 Å². The van der Waals surface area contributed by atoms with Gasteiger partial charge in [0.2, 0.25) is 13.6 Å². The van der Waals surface area contributed by atoms with Crippen LogP contribution in [0.5, 0.6) is 23.0 Å². The van der Waals surface area contributed by atoms with Crippen molar-refractivity contribution in [2.24, 2.45) is 5.41 Å². The number of Topliss-reactive ketones (excluding diaryl/α,β-unsaturated/α-hetero) is 2. The van der Waals surface area contributed by atoms with E-state index >= 15 is 4.39 Å². The summed E-state index contributed by atoms with van der Waals surface area (Å²) in [7, 11) is 0. The molecule has 4 heterocycles. The van der Waals surface area contributed by atoms with Gasteiger partial charge in [-0.05, 0) is 114 Å². The number of aldehydes is 2. The molecule has 1 atom stereocenters. The third-order valence-electron chi connectivity index (χ3n) is 13.4. The Hall–Kier alpha value is -6.08. The van der Waals surface area contributed by atoms with Crippen LogP contribution in [0.1, 0.15) is 122 Å². The lowest BCUT2D eigenvalue weighted by atomic mass is 9.84. The molecular formula is C55H66F2N2O9. The Morgan fingerprint density at radius 2 is 1.21 bits per heavy atom. The lowest BCUT2D eigenvalue weighted by molar-refractivity contribution is -0.122. The Balaban J connectivity index is 0.000000199. The number of ether oxygens (including phenoxy) is 4. The van der Waals surface area contributed by atoms with Crippen molar-refractivity contribution in [2.45, 2.75) is 137 Å². The van der Waals surface area contributed by atoms with E-state index < -0.39 is 10.8 Å². The van der Waals surface area contributed by atoms with Gasteiger partial charge in [0.25, 0.3) is 0 Å². The molecule has 1 unspecified atom stereocenters. The van der Waals surface area contributed by atoms with E-state index in [0.29, 0.717) is 40.7 Å². The van der Waals surface area contributed by atoms with Gasteiger partial charge in [-0.3, -0.25) is 19.2 Å². The summed E-state index contributed by atoms with van der Waals surface area (Å²) in [5.41, 5.74) is 5.35. The zero-order valence-electron chi connectivity index (χ0n) is 39.8. The number of nitrogens with zero attached hydrogens (tertiary/aromatic N) is 1. The van der Waals surface area contributed by atoms with Crippen LogP contribution in [0.3, 0.4) is 0 Å². The molecule has 364 valence electrons. The average Bonchev–Trinajstić information content (AvgIpc) is 4.04. The van der Waals surface area contributed by atoms with Crippen molar-refractivity contribution < 1.29 is 52.0 Å². The highest BCUT2D eigenvalue weighted by Gasteiger charge is 2.52. The molecule has 10 rings (SSSR count). The van der Waals surface area contributed by atoms with Gasteiger partial charge in [-0.15, -0.1) is 0 Å².